The summed E-state index contributed by atoms with van der Waals surface area (Å²) >= 11 is 3.43. The van der Waals surface area contributed by atoms with Gasteiger partial charge in [-0.2, -0.15) is 0 Å². The fourth-order valence-corrected chi connectivity index (χ4v) is 2.71. The third-order valence-electron chi connectivity index (χ3n) is 3.62. The maximum Gasteiger partial charge on any atom is 0.255 e. The quantitative estimate of drug-likeness (QED) is 0.767. The molecular weight excluding hydrogens is 396 g/mol. The fourth-order valence-electron chi connectivity index (χ4n) is 2.23. The van der Waals surface area contributed by atoms with Gasteiger partial charge < -0.3 is 15.0 Å². The molecular formula is C20H23BrN2O3. The van der Waals surface area contributed by atoms with E-state index in [1.807, 2.05) is 26.0 Å². The van der Waals surface area contributed by atoms with Crippen LogP contribution in [-0.2, 0) is 11.2 Å². The smallest absolute Gasteiger partial charge is 0.255 e. The van der Waals surface area contributed by atoms with Gasteiger partial charge in [0.1, 0.15) is 5.75 Å². The number of benzene rings is 2. The Morgan fingerprint density at radius 3 is 2.31 bits per heavy atom. The Morgan fingerprint density at radius 2 is 1.77 bits per heavy atom. The van der Waals surface area contributed by atoms with Gasteiger partial charge in [0, 0.05) is 25.3 Å². The van der Waals surface area contributed by atoms with Crippen LogP contribution in [0.3, 0.4) is 0 Å². The number of rotatable bonds is 6. The molecule has 2 aromatic rings. The number of anilines is 1. The Hall–Kier alpha value is -2.34. The van der Waals surface area contributed by atoms with Gasteiger partial charge >= 0.3 is 0 Å². The molecule has 0 bridgehead atoms. The van der Waals surface area contributed by atoms with Crippen LogP contribution in [0.5, 0.6) is 5.75 Å². The number of ether oxygens (including phenoxy) is 1. The van der Waals surface area contributed by atoms with Crippen molar-refractivity contribution in [3.05, 3.63) is 58.1 Å². The number of hydrogen-bond donors (Lipinski definition) is 1. The summed E-state index contributed by atoms with van der Waals surface area (Å²) in [4.78, 5) is 25.7. The van der Waals surface area contributed by atoms with E-state index in [0.29, 0.717) is 23.4 Å². The summed E-state index contributed by atoms with van der Waals surface area (Å²) in [6.45, 7) is 3.89. The Labute approximate surface area is 162 Å². The number of carbonyl (C=O) groups excluding carboxylic acids is 2. The zero-order valence-electron chi connectivity index (χ0n) is 15.4. The number of likely N-dealkylation sites (N-methyl/N-ethyl adjacent to an activating group) is 1. The number of halogens is 1. The highest BCUT2D eigenvalue weighted by Gasteiger charge is 2.11. The summed E-state index contributed by atoms with van der Waals surface area (Å²) in [5.41, 5.74) is 2.11. The third-order valence-corrected chi connectivity index (χ3v) is 4.24. The van der Waals surface area contributed by atoms with E-state index >= 15 is 0 Å². The van der Waals surface area contributed by atoms with E-state index in [1.165, 1.54) is 0 Å². The first-order valence-corrected chi connectivity index (χ1v) is 9.12. The Morgan fingerprint density at radius 1 is 1.12 bits per heavy atom. The fraction of sp³-hybridized carbons (Fsp3) is 0.300. The molecule has 0 saturated heterocycles. The monoisotopic (exact) mass is 418 g/mol. The van der Waals surface area contributed by atoms with Gasteiger partial charge in [-0.1, -0.05) is 12.1 Å². The highest BCUT2D eigenvalue weighted by atomic mass is 79.9. The summed E-state index contributed by atoms with van der Waals surface area (Å²) in [5, 5.41) is 2.85. The first kappa shape index (κ1) is 20.0. The average molecular weight is 419 g/mol. The Kier molecular flexibility index (Phi) is 6.80. The Bertz CT molecular complexity index is 786. The highest BCUT2D eigenvalue weighted by molar-refractivity contribution is 9.10. The van der Waals surface area contributed by atoms with Crippen LogP contribution in [0.25, 0.3) is 0 Å². The molecule has 6 heteroatoms. The molecule has 0 aliphatic rings. The van der Waals surface area contributed by atoms with Crippen molar-refractivity contribution in [3.63, 3.8) is 0 Å². The van der Waals surface area contributed by atoms with Crippen LogP contribution in [0.4, 0.5) is 5.69 Å². The van der Waals surface area contributed by atoms with E-state index in [2.05, 4.69) is 21.2 Å². The SMILES string of the molecule is CC(C)Oc1ccc(C(=O)Nc2ccc(CC(=O)N(C)C)cc2)cc1Br. The van der Waals surface area contributed by atoms with Gasteiger partial charge in [0.2, 0.25) is 5.91 Å². The van der Waals surface area contributed by atoms with E-state index < -0.39 is 0 Å². The van der Waals surface area contributed by atoms with Crippen molar-refractivity contribution in [3.8, 4) is 5.75 Å². The number of hydrogen-bond acceptors (Lipinski definition) is 3. The molecule has 26 heavy (non-hydrogen) atoms. The van der Waals surface area contributed by atoms with Crippen molar-refractivity contribution in [1.82, 2.24) is 4.90 Å². The maximum absolute atomic E-state index is 12.4. The van der Waals surface area contributed by atoms with Crippen LogP contribution >= 0.6 is 15.9 Å². The minimum atomic E-state index is -0.209. The summed E-state index contributed by atoms with van der Waals surface area (Å²) in [5.74, 6) is 0.528. The van der Waals surface area contributed by atoms with Crippen LogP contribution in [0.15, 0.2) is 46.9 Å². The zero-order valence-corrected chi connectivity index (χ0v) is 17.0. The summed E-state index contributed by atoms with van der Waals surface area (Å²) in [7, 11) is 3.46. The molecule has 2 rings (SSSR count). The number of carbonyl (C=O) groups is 2. The Balaban J connectivity index is 2.03. The average Bonchev–Trinajstić information content (AvgIpc) is 2.57. The lowest BCUT2D eigenvalue weighted by Gasteiger charge is -2.13. The molecule has 2 amide bonds. The van der Waals surface area contributed by atoms with Crippen LogP contribution in [0.2, 0.25) is 0 Å². The van der Waals surface area contributed by atoms with Crippen molar-refractivity contribution in [1.29, 1.82) is 0 Å². The molecule has 2 aromatic carbocycles. The van der Waals surface area contributed by atoms with Crippen molar-refractivity contribution < 1.29 is 14.3 Å². The number of nitrogens with zero attached hydrogens (tertiary/aromatic N) is 1. The maximum atomic E-state index is 12.4. The molecule has 0 aliphatic heterocycles. The molecule has 0 radical (unpaired) electrons. The molecule has 0 saturated carbocycles. The number of nitrogens with one attached hydrogen (secondary N) is 1. The van der Waals surface area contributed by atoms with Gasteiger partial charge in [-0.15, -0.1) is 0 Å². The van der Waals surface area contributed by atoms with Crippen molar-refractivity contribution in [2.24, 2.45) is 0 Å². The molecule has 0 fully saturated rings. The second kappa shape index (κ2) is 8.85. The van der Waals surface area contributed by atoms with Crippen LogP contribution < -0.4 is 10.1 Å². The molecule has 0 atom stereocenters. The van der Waals surface area contributed by atoms with Gasteiger partial charge in [-0.05, 0) is 65.7 Å². The van der Waals surface area contributed by atoms with E-state index in [1.54, 1.807) is 49.3 Å². The van der Waals surface area contributed by atoms with Crippen LogP contribution in [0.1, 0.15) is 29.8 Å². The van der Waals surface area contributed by atoms with Crippen LogP contribution in [0, 0.1) is 0 Å². The van der Waals surface area contributed by atoms with E-state index in [9.17, 15) is 9.59 Å². The second-order valence-electron chi connectivity index (χ2n) is 6.43. The van der Waals surface area contributed by atoms with Crippen molar-refractivity contribution in [2.75, 3.05) is 19.4 Å². The molecule has 5 nitrogen and oxygen atoms in total. The first-order valence-electron chi connectivity index (χ1n) is 8.33. The van der Waals surface area contributed by atoms with Gasteiger partial charge in [0.15, 0.2) is 0 Å². The summed E-state index contributed by atoms with van der Waals surface area (Å²) in [6.07, 6.45) is 0.398. The highest BCUT2D eigenvalue weighted by Crippen LogP contribution is 2.27. The third kappa shape index (κ3) is 5.59. The van der Waals surface area contributed by atoms with E-state index in [0.717, 1.165) is 10.0 Å². The standard InChI is InChI=1S/C20H23BrN2O3/c1-13(2)26-18-10-7-15(12-17(18)21)20(25)22-16-8-5-14(6-9-16)11-19(24)23(3)4/h5-10,12-13H,11H2,1-4H3,(H,22,25). The van der Waals surface area contributed by atoms with Gasteiger partial charge in [0.05, 0.1) is 17.0 Å². The molecule has 0 aromatic heterocycles. The van der Waals surface area contributed by atoms with Gasteiger partial charge in [0.25, 0.3) is 5.91 Å². The van der Waals surface area contributed by atoms with Crippen molar-refractivity contribution in [2.45, 2.75) is 26.4 Å². The lowest BCUT2D eigenvalue weighted by atomic mass is 10.1. The number of amides is 2. The minimum Gasteiger partial charge on any atom is -0.490 e. The molecule has 0 aliphatic carbocycles. The minimum absolute atomic E-state index is 0.0374. The van der Waals surface area contributed by atoms with E-state index in [-0.39, 0.29) is 17.9 Å². The largest absolute Gasteiger partial charge is 0.490 e. The second-order valence-corrected chi connectivity index (χ2v) is 7.28. The van der Waals surface area contributed by atoms with Crippen LogP contribution in [-0.4, -0.2) is 36.9 Å². The zero-order chi connectivity index (χ0) is 19.3. The molecule has 1 N–H and O–H groups in total. The predicted molar refractivity (Wildman–Crippen MR) is 107 cm³/mol. The summed E-state index contributed by atoms with van der Waals surface area (Å²) < 4.78 is 6.38. The van der Waals surface area contributed by atoms with Crippen molar-refractivity contribution >= 4 is 33.4 Å². The van der Waals surface area contributed by atoms with E-state index in [4.69, 9.17) is 4.74 Å². The molecule has 0 spiro atoms. The van der Waals surface area contributed by atoms with Gasteiger partial charge in [-0.3, -0.25) is 9.59 Å². The summed E-state index contributed by atoms with van der Waals surface area (Å²) in [6, 6.07) is 12.5. The molecule has 0 unspecified atom stereocenters. The molecule has 138 valence electrons. The molecule has 0 heterocycles. The topological polar surface area (TPSA) is 58.6 Å². The van der Waals surface area contributed by atoms with Gasteiger partial charge in [-0.25, -0.2) is 0 Å². The lowest BCUT2D eigenvalue weighted by Crippen LogP contribution is -2.23. The first-order chi connectivity index (χ1) is 12.3. The predicted octanol–water partition coefficient (Wildman–Crippen LogP) is 4.12. The normalized spacial score (nSPS) is 10.5. The lowest BCUT2D eigenvalue weighted by molar-refractivity contribution is -0.127.